The van der Waals surface area contributed by atoms with Crippen LogP contribution in [0.5, 0.6) is 0 Å². The van der Waals surface area contributed by atoms with Crippen molar-refractivity contribution in [3.8, 4) is 6.07 Å². The number of amides is 1. The van der Waals surface area contributed by atoms with Crippen molar-refractivity contribution >= 4 is 5.91 Å². The van der Waals surface area contributed by atoms with Gasteiger partial charge in [-0.25, -0.2) is 0 Å². The van der Waals surface area contributed by atoms with Crippen LogP contribution in [0.4, 0.5) is 0 Å². The second-order valence-corrected chi connectivity index (χ2v) is 7.17. The molecular formula is C16H24N2O2. The molecule has 4 nitrogen and oxygen atoms in total. The predicted molar refractivity (Wildman–Crippen MR) is 76.5 cm³/mol. The fourth-order valence-electron chi connectivity index (χ4n) is 4.38. The molecule has 1 saturated carbocycles. The molecule has 0 aromatic heterocycles. The number of hydrogen-bond donors (Lipinski definition) is 2. The molecule has 2 rings (SSSR count). The van der Waals surface area contributed by atoms with Crippen molar-refractivity contribution < 1.29 is 9.90 Å². The second-order valence-electron chi connectivity index (χ2n) is 7.17. The van der Waals surface area contributed by atoms with E-state index in [1.165, 1.54) is 0 Å². The average Bonchev–Trinajstić information content (AvgIpc) is 2.32. The third-order valence-electron chi connectivity index (χ3n) is 5.21. The van der Waals surface area contributed by atoms with E-state index < -0.39 is 6.10 Å². The maximum Gasteiger partial charge on any atom is 0.217 e. The average molecular weight is 276 g/mol. The van der Waals surface area contributed by atoms with E-state index >= 15 is 0 Å². The Kier molecular flexibility index (Phi) is 3.68. The molecule has 1 fully saturated rings. The summed E-state index contributed by atoms with van der Waals surface area (Å²) < 4.78 is 0. The van der Waals surface area contributed by atoms with Crippen molar-refractivity contribution in [1.29, 1.82) is 5.26 Å². The molecule has 1 unspecified atom stereocenters. The van der Waals surface area contributed by atoms with Gasteiger partial charge in [0.05, 0.1) is 17.7 Å². The van der Waals surface area contributed by atoms with Crippen LogP contribution < -0.4 is 5.32 Å². The van der Waals surface area contributed by atoms with Gasteiger partial charge in [0.15, 0.2) is 0 Å². The number of nitrogens with zero attached hydrogens (tertiary/aromatic N) is 1. The number of carbonyl (C=O) groups is 1. The molecule has 0 bridgehead atoms. The summed E-state index contributed by atoms with van der Waals surface area (Å²) in [7, 11) is 0. The number of carbonyl (C=O) groups excluding carboxylic acids is 1. The highest BCUT2D eigenvalue weighted by atomic mass is 16.3. The van der Waals surface area contributed by atoms with Crippen molar-refractivity contribution in [2.75, 3.05) is 0 Å². The molecule has 4 atom stereocenters. The predicted octanol–water partition coefficient (Wildman–Crippen LogP) is 2.15. The van der Waals surface area contributed by atoms with Gasteiger partial charge in [-0.2, -0.15) is 5.26 Å². The van der Waals surface area contributed by atoms with Gasteiger partial charge in [0.25, 0.3) is 0 Å². The Hall–Kier alpha value is -1.34. The van der Waals surface area contributed by atoms with E-state index in [-0.39, 0.29) is 22.8 Å². The largest absolute Gasteiger partial charge is 0.387 e. The quantitative estimate of drug-likeness (QED) is 0.770. The summed E-state index contributed by atoms with van der Waals surface area (Å²) in [6.45, 7) is 7.78. The minimum atomic E-state index is -0.692. The van der Waals surface area contributed by atoms with Gasteiger partial charge in [0.1, 0.15) is 0 Å². The molecular weight excluding hydrogens is 252 g/mol. The molecule has 0 radical (unpaired) electrons. The Bertz CT molecular complexity index is 489. The summed E-state index contributed by atoms with van der Waals surface area (Å²) in [5.74, 6) is 0.323. The van der Waals surface area contributed by atoms with Gasteiger partial charge >= 0.3 is 0 Å². The Labute approximate surface area is 120 Å². The van der Waals surface area contributed by atoms with E-state index in [4.69, 9.17) is 0 Å². The van der Waals surface area contributed by atoms with Crippen LogP contribution in [0.2, 0.25) is 0 Å². The number of fused-ring (bicyclic) bond motifs is 1. The summed E-state index contributed by atoms with van der Waals surface area (Å²) >= 11 is 0. The maximum atomic E-state index is 11.3. The molecule has 2 N–H and O–H groups in total. The molecule has 0 spiro atoms. The number of allylic oxidation sites excluding steroid dienone is 1. The third kappa shape index (κ3) is 2.35. The smallest absolute Gasteiger partial charge is 0.217 e. The van der Waals surface area contributed by atoms with Crippen LogP contribution in [0.3, 0.4) is 0 Å². The zero-order chi connectivity index (χ0) is 15.1. The summed E-state index contributed by atoms with van der Waals surface area (Å²) in [5.41, 5.74) is 0.0202. The summed E-state index contributed by atoms with van der Waals surface area (Å²) in [4.78, 5) is 11.3. The molecule has 20 heavy (non-hydrogen) atoms. The first-order valence-corrected chi connectivity index (χ1v) is 7.28. The van der Waals surface area contributed by atoms with Crippen LogP contribution >= 0.6 is 0 Å². The third-order valence-corrected chi connectivity index (χ3v) is 5.21. The van der Waals surface area contributed by atoms with Gasteiger partial charge in [-0.3, -0.25) is 4.79 Å². The van der Waals surface area contributed by atoms with Crippen LogP contribution in [-0.4, -0.2) is 23.2 Å². The monoisotopic (exact) mass is 276 g/mol. The highest BCUT2D eigenvalue weighted by molar-refractivity contribution is 5.73. The summed E-state index contributed by atoms with van der Waals surface area (Å²) in [6, 6.07) is 2.31. The van der Waals surface area contributed by atoms with E-state index in [0.29, 0.717) is 11.5 Å². The van der Waals surface area contributed by atoms with E-state index in [0.717, 1.165) is 19.3 Å². The van der Waals surface area contributed by atoms with Gasteiger partial charge in [-0.05, 0) is 36.0 Å². The first-order valence-electron chi connectivity index (χ1n) is 7.28. The minimum absolute atomic E-state index is 0.00311. The highest BCUT2D eigenvalue weighted by Gasteiger charge is 2.53. The lowest BCUT2D eigenvalue weighted by Crippen LogP contribution is -2.54. The second kappa shape index (κ2) is 4.89. The van der Waals surface area contributed by atoms with E-state index in [9.17, 15) is 15.2 Å². The molecule has 0 aromatic carbocycles. The molecule has 2 aliphatic carbocycles. The van der Waals surface area contributed by atoms with Crippen LogP contribution in [0.15, 0.2) is 11.6 Å². The molecule has 4 heteroatoms. The normalized spacial score (nSPS) is 39.2. The van der Waals surface area contributed by atoms with E-state index in [1.807, 2.05) is 19.9 Å². The van der Waals surface area contributed by atoms with Crippen molar-refractivity contribution in [3.05, 3.63) is 11.6 Å². The van der Waals surface area contributed by atoms with Crippen molar-refractivity contribution in [2.45, 2.75) is 59.1 Å². The Morgan fingerprint density at radius 1 is 1.45 bits per heavy atom. The first-order chi connectivity index (χ1) is 9.20. The van der Waals surface area contributed by atoms with Crippen LogP contribution in [0, 0.1) is 28.1 Å². The number of nitrogens with one attached hydrogen (secondary N) is 1. The van der Waals surface area contributed by atoms with Crippen LogP contribution in [0.1, 0.15) is 47.0 Å². The van der Waals surface area contributed by atoms with Crippen molar-refractivity contribution in [1.82, 2.24) is 5.32 Å². The SMILES string of the molecule is CC(=O)N[C@H]1CC[C@H]2C(C)(C)C(O)C(C#N)=C[C@]2(C)C1. The molecule has 0 aliphatic heterocycles. The summed E-state index contributed by atoms with van der Waals surface area (Å²) in [5, 5.41) is 22.7. The fourth-order valence-corrected chi connectivity index (χ4v) is 4.38. The van der Waals surface area contributed by atoms with Gasteiger partial charge in [-0.15, -0.1) is 0 Å². The van der Waals surface area contributed by atoms with Gasteiger partial charge in [0, 0.05) is 13.0 Å². The van der Waals surface area contributed by atoms with E-state index in [1.54, 1.807) is 6.92 Å². The lowest BCUT2D eigenvalue weighted by atomic mass is 9.51. The fraction of sp³-hybridized carbons (Fsp3) is 0.750. The lowest BCUT2D eigenvalue weighted by Gasteiger charge is -2.54. The molecule has 0 aromatic rings. The Morgan fingerprint density at radius 3 is 2.65 bits per heavy atom. The maximum absolute atomic E-state index is 11.3. The number of rotatable bonds is 1. The zero-order valence-corrected chi connectivity index (χ0v) is 12.7. The van der Waals surface area contributed by atoms with Crippen molar-refractivity contribution in [3.63, 3.8) is 0 Å². The first kappa shape index (κ1) is 15.1. The zero-order valence-electron chi connectivity index (χ0n) is 12.7. The topological polar surface area (TPSA) is 73.1 Å². The van der Waals surface area contributed by atoms with Crippen LogP contribution in [-0.2, 0) is 4.79 Å². The van der Waals surface area contributed by atoms with Crippen LogP contribution in [0.25, 0.3) is 0 Å². The van der Waals surface area contributed by atoms with Gasteiger partial charge in [-0.1, -0.05) is 26.8 Å². The van der Waals surface area contributed by atoms with Crippen molar-refractivity contribution in [2.24, 2.45) is 16.7 Å². The molecule has 2 aliphatic rings. The molecule has 1 amide bonds. The molecule has 0 heterocycles. The highest BCUT2D eigenvalue weighted by Crippen LogP contribution is 2.56. The Balaban J connectivity index is 2.34. The lowest BCUT2D eigenvalue weighted by molar-refractivity contribution is -0.120. The number of nitriles is 1. The number of hydrogen-bond acceptors (Lipinski definition) is 3. The molecule has 110 valence electrons. The standard InChI is InChI=1S/C16H24N2O2/c1-10(19)18-12-5-6-13-15(2,3)14(20)11(9-17)7-16(13,4)8-12/h7,12-14,20H,5-6,8H2,1-4H3,(H,18,19)/t12-,13-,14?,16+/m0/s1. The summed E-state index contributed by atoms with van der Waals surface area (Å²) in [6.07, 6.45) is 3.98. The number of aliphatic hydroxyl groups is 1. The van der Waals surface area contributed by atoms with E-state index in [2.05, 4.69) is 18.3 Å². The van der Waals surface area contributed by atoms with Gasteiger partial charge in [0.2, 0.25) is 5.91 Å². The Morgan fingerprint density at radius 2 is 2.10 bits per heavy atom. The van der Waals surface area contributed by atoms with Gasteiger partial charge < -0.3 is 10.4 Å². The minimum Gasteiger partial charge on any atom is -0.387 e. The molecule has 0 saturated heterocycles. The number of aliphatic hydroxyl groups excluding tert-OH is 1.